The highest BCUT2D eigenvalue weighted by atomic mass is 79.9. The van der Waals surface area contributed by atoms with Crippen LogP contribution in [0, 0.1) is 19.7 Å². The molecule has 7 heteroatoms. The van der Waals surface area contributed by atoms with Crippen LogP contribution in [0.5, 0.6) is 11.5 Å². The van der Waals surface area contributed by atoms with Crippen LogP contribution in [0.2, 0.25) is 0 Å². The zero-order valence-electron chi connectivity index (χ0n) is 11.4. The van der Waals surface area contributed by atoms with Gasteiger partial charge in [-0.2, -0.15) is 0 Å². The van der Waals surface area contributed by atoms with Gasteiger partial charge in [0.25, 0.3) is 0 Å². The molecule has 5 nitrogen and oxygen atoms in total. The lowest BCUT2D eigenvalue weighted by Crippen LogP contribution is -2.17. The average molecular weight is 354 g/mol. The topological polar surface area (TPSA) is 80.7 Å². The summed E-state index contributed by atoms with van der Waals surface area (Å²) in [6, 6.07) is 6.02. The maximum atomic E-state index is 13.5. The van der Waals surface area contributed by atoms with Gasteiger partial charge < -0.3 is 15.7 Å². The Balaban J connectivity index is 2.50. The van der Waals surface area contributed by atoms with Crippen molar-refractivity contribution in [1.82, 2.24) is 4.98 Å². The molecule has 0 saturated heterocycles. The number of rotatable bonds is 3. The van der Waals surface area contributed by atoms with Crippen LogP contribution in [-0.4, -0.2) is 16.0 Å². The molecular formula is C14H13BrFN3O2. The molecule has 0 radical (unpaired) electrons. The van der Waals surface area contributed by atoms with Gasteiger partial charge in [-0.15, -0.1) is 0 Å². The number of hydrogen-bond acceptors (Lipinski definition) is 4. The summed E-state index contributed by atoms with van der Waals surface area (Å²) in [7, 11) is 0. The molecule has 0 bridgehead atoms. The van der Waals surface area contributed by atoms with Crippen molar-refractivity contribution in [3.8, 4) is 11.5 Å². The molecule has 1 heterocycles. The van der Waals surface area contributed by atoms with Gasteiger partial charge in [-0.05, 0) is 41.9 Å². The van der Waals surface area contributed by atoms with Gasteiger partial charge in [0.2, 0.25) is 0 Å². The van der Waals surface area contributed by atoms with E-state index in [1.807, 2.05) is 0 Å². The molecule has 21 heavy (non-hydrogen) atoms. The van der Waals surface area contributed by atoms with Crippen LogP contribution in [0.4, 0.5) is 4.39 Å². The fraction of sp³-hybridized carbons (Fsp3) is 0.143. The second kappa shape index (κ2) is 6.09. The SMILES string of the molecule is Cc1cc(Oc2ccc(Br)c(F)c2)c(/C(N)=N/O)c(C)n1. The van der Waals surface area contributed by atoms with Crippen LogP contribution in [0.1, 0.15) is 17.0 Å². The molecule has 0 fully saturated rings. The third kappa shape index (κ3) is 3.30. The molecule has 0 aliphatic rings. The number of oxime groups is 1. The Morgan fingerprint density at radius 1 is 1.38 bits per heavy atom. The maximum Gasteiger partial charge on any atom is 0.175 e. The van der Waals surface area contributed by atoms with Crippen LogP contribution in [0.3, 0.4) is 0 Å². The van der Waals surface area contributed by atoms with E-state index in [4.69, 9.17) is 15.7 Å². The molecule has 2 rings (SSSR count). The van der Waals surface area contributed by atoms with Crippen LogP contribution in [0.25, 0.3) is 0 Å². The first-order chi connectivity index (χ1) is 9.92. The molecule has 0 saturated carbocycles. The molecule has 0 atom stereocenters. The molecule has 1 aromatic heterocycles. The first-order valence-electron chi connectivity index (χ1n) is 6.01. The molecule has 0 unspecified atom stereocenters. The van der Waals surface area contributed by atoms with Crippen molar-refractivity contribution < 1.29 is 14.3 Å². The summed E-state index contributed by atoms with van der Waals surface area (Å²) in [6.07, 6.45) is 0. The number of amidine groups is 1. The highest BCUT2D eigenvalue weighted by Gasteiger charge is 2.15. The summed E-state index contributed by atoms with van der Waals surface area (Å²) in [5.41, 5.74) is 7.28. The van der Waals surface area contributed by atoms with E-state index in [0.29, 0.717) is 32.9 Å². The second-order valence-electron chi connectivity index (χ2n) is 4.39. The first-order valence-corrected chi connectivity index (χ1v) is 6.80. The summed E-state index contributed by atoms with van der Waals surface area (Å²) < 4.78 is 19.5. The lowest BCUT2D eigenvalue weighted by Gasteiger charge is -2.13. The molecule has 3 N–H and O–H groups in total. The molecule has 0 spiro atoms. The molecule has 110 valence electrons. The van der Waals surface area contributed by atoms with Crippen molar-refractivity contribution in [1.29, 1.82) is 0 Å². The number of nitrogens with zero attached hydrogens (tertiary/aromatic N) is 2. The quantitative estimate of drug-likeness (QED) is 0.383. The number of hydrogen-bond donors (Lipinski definition) is 2. The standard InChI is InChI=1S/C14H13BrFN3O2/c1-7-5-12(13(8(2)18-7)14(17)19-20)21-9-3-4-10(15)11(16)6-9/h3-6,20H,1-2H3,(H2,17,19). The fourth-order valence-corrected chi connectivity index (χ4v) is 2.15. The summed E-state index contributed by atoms with van der Waals surface area (Å²) in [4.78, 5) is 4.24. The van der Waals surface area contributed by atoms with Gasteiger partial charge in [-0.25, -0.2) is 4.39 Å². The summed E-state index contributed by atoms with van der Waals surface area (Å²) >= 11 is 3.07. The van der Waals surface area contributed by atoms with Crippen molar-refractivity contribution in [2.75, 3.05) is 0 Å². The number of halogens is 2. The van der Waals surface area contributed by atoms with Gasteiger partial charge in [-0.3, -0.25) is 4.98 Å². The monoisotopic (exact) mass is 353 g/mol. The van der Waals surface area contributed by atoms with E-state index >= 15 is 0 Å². The molecule has 0 aliphatic carbocycles. The maximum absolute atomic E-state index is 13.5. The Bertz CT molecular complexity index is 720. The van der Waals surface area contributed by atoms with E-state index in [0.717, 1.165) is 0 Å². The second-order valence-corrected chi connectivity index (χ2v) is 5.24. The Kier molecular flexibility index (Phi) is 4.42. The van der Waals surface area contributed by atoms with E-state index in [1.54, 1.807) is 26.0 Å². The summed E-state index contributed by atoms with van der Waals surface area (Å²) in [6.45, 7) is 3.51. The minimum atomic E-state index is -0.444. The fourth-order valence-electron chi connectivity index (χ4n) is 1.90. The van der Waals surface area contributed by atoms with Crippen molar-refractivity contribution >= 4 is 21.8 Å². The predicted octanol–water partition coefficient (Wildman–Crippen LogP) is 3.49. The normalized spacial score (nSPS) is 11.5. The van der Waals surface area contributed by atoms with E-state index in [9.17, 15) is 4.39 Å². The Hall–Kier alpha value is -2.15. The zero-order valence-corrected chi connectivity index (χ0v) is 13.0. The molecule has 1 aromatic carbocycles. The van der Waals surface area contributed by atoms with E-state index in [2.05, 4.69) is 26.1 Å². The Morgan fingerprint density at radius 3 is 2.71 bits per heavy atom. The van der Waals surface area contributed by atoms with Gasteiger partial charge in [0.15, 0.2) is 5.84 Å². The van der Waals surface area contributed by atoms with Crippen LogP contribution in [0.15, 0.2) is 33.9 Å². The van der Waals surface area contributed by atoms with Crippen molar-refractivity contribution in [3.05, 3.63) is 51.5 Å². The van der Waals surface area contributed by atoms with Crippen molar-refractivity contribution in [2.24, 2.45) is 10.9 Å². The largest absolute Gasteiger partial charge is 0.456 e. The lowest BCUT2D eigenvalue weighted by molar-refractivity contribution is 0.318. The minimum Gasteiger partial charge on any atom is -0.456 e. The van der Waals surface area contributed by atoms with Crippen molar-refractivity contribution in [2.45, 2.75) is 13.8 Å². The van der Waals surface area contributed by atoms with Crippen molar-refractivity contribution in [3.63, 3.8) is 0 Å². The van der Waals surface area contributed by atoms with Gasteiger partial charge in [0.1, 0.15) is 17.3 Å². The van der Waals surface area contributed by atoms with Gasteiger partial charge in [0.05, 0.1) is 15.7 Å². The summed E-state index contributed by atoms with van der Waals surface area (Å²) in [5.74, 6) is 0.0812. The molecule has 2 aromatic rings. The third-order valence-electron chi connectivity index (χ3n) is 2.77. The Labute approximate surface area is 129 Å². The van der Waals surface area contributed by atoms with Crippen LogP contribution in [-0.2, 0) is 0 Å². The number of nitrogens with two attached hydrogens (primary N) is 1. The average Bonchev–Trinajstić information content (AvgIpc) is 2.41. The van der Waals surface area contributed by atoms with E-state index in [1.165, 1.54) is 12.1 Å². The molecule has 0 aliphatic heterocycles. The highest BCUT2D eigenvalue weighted by Crippen LogP contribution is 2.29. The Morgan fingerprint density at radius 2 is 2.10 bits per heavy atom. The lowest BCUT2D eigenvalue weighted by atomic mass is 10.1. The van der Waals surface area contributed by atoms with Gasteiger partial charge in [-0.1, -0.05) is 5.16 Å². The van der Waals surface area contributed by atoms with Gasteiger partial charge >= 0.3 is 0 Å². The number of ether oxygens (including phenoxy) is 1. The summed E-state index contributed by atoms with van der Waals surface area (Å²) in [5, 5.41) is 11.8. The van der Waals surface area contributed by atoms with Gasteiger partial charge in [0, 0.05) is 17.8 Å². The number of benzene rings is 1. The smallest absolute Gasteiger partial charge is 0.175 e. The van der Waals surface area contributed by atoms with E-state index < -0.39 is 5.82 Å². The van der Waals surface area contributed by atoms with E-state index in [-0.39, 0.29) is 5.84 Å². The number of pyridine rings is 1. The third-order valence-corrected chi connectivity index (χ3v) is 3.42. The highest BCUT2D eigenvalue weighted by molar-refractivity contribution is 9.10. The molecule has 0 amide bonds. The van der Waals surface area contributed by atoms with Crippen LogP contribution >= 0.6 is 15.9 Å². The van der Waals surface area contributed by atoms with Crippen LogP contribution < -0.4 is 10.5 Å². The minimum absolute atomic E-state index is 0.118. The number of aryl methyl sites for hydroxylation is 2. The number of aromatic nitrogens is 1. The zero-order chi connectivity index (χ0) is 15.6. The first kappa shape index (κ1) is 15.2. The predicted molar refractivity (Wildman–Crippen MR) is 80.4 cm³/mol. The molecular weight excluding hydrogens is 341 g/mol.